The first-order chi connectivity index (χ1) is 23.3. The van der Waals surface area contributed by atoms with Crippen LogP contribution in [0.2, 0.25) is 0 Å². The van der Waals surface area contributed by atoms with Gasteiger partial charge in [-0.3, -0.25) is 5.43 Å². The predicted octanol–water partition coefficient (Wildman–Crippen LogP) is 15.4. The Morgan fingerprint density at radius 3 is 0.660 bits per heavy atom. The standard InChI is InChI=1S/C43H88N2O2/c1-2-3-4-5-6-7-8-9-10-11-12-13-14-15-16-17-18-19-20-21-22-23-24-25-26-27-28-29-30-31-32-33-34-35-36-37-38-39-40-41-42-44-45-43(46)47/h44-45H,2-42H2,1H3,(H,46,47). The lowest BCUT2D eigenvalue weighted by molar-refractivity contribution is 0.189. The Morgan fingerprint density at radius 1 is 0.319 bits per heavy atom. The molecule has 0 atom stereocenters. The molecule has 0 aliphatic carbocycles. The summed E-state index contributed by atoms with van der Waals surface area (Å²) in [5, 5.41) is 8.48. The molecule has 0 unspecified atom stereocenters. The van der Waals surface area contributed by atoms with E-state index in [9.17, 15) is 4.79 Å². The summed E-state index contributed by atoms with van der Waals surface area (Å²) in [5.41, 5.74) is 4.91. The molecule has 0 fully saturated rings. The van der Waals surface area contributed by atoms with Crippen molar-refractivity contribution in [3.63, 3.8) is 0 Å². The Kier molecular flexibility index (Phi) is 42.5. The molecule has 0 bridgehead atoms. The first-order valence-corrected chi connectivity index (χ1v) is 22.0. The van der Waals surface area contributed by atoms with Crippen molar-refractivity contribution in [1.82, 2.24) is 10.9 Å². The summed E-state index contributed by atoms with van der Waals surface area (Å²) < 4.78 is 0. The van der Waals surface area contributed by atoms with E-state index >= 15 is 0 Å². The number of hydrazine groups is 1. The highest BCUT2D eigenvalue weighted by molar-refractivity contribution is 5.63. The van der Waals surface area contributed by atoms with Crippen molar-refractivity contribution < 1.29 is 9.90 Å². The Hall–Kier alpha value is -0.770. The van der Waals surface area contributed by atoms with E-state index in [1.54, 1.807) is 0 Å². The molecule has 282 valence electrons. The second-order valence-corrected chi connectivity index (χ2v) is 15.1. The minimum atomic E-state index is -1.01. The minimum absolute atomic E-state index is 0.728. The van der Waals surface area contributed by atoms with E-state index in [0.717, 1.165) is 13.0 Å². The molecule has 0 aromatic carbocycles. The van der Waals surface area contributed by atoms with E-state index in [1.807, 2.05) is 0 Å². The van der Waals surface area contributed by atoms with Crippen LogP contribution in [0.25, 0.3) is 0 Å². The van der Waals surface area contributed by atoms with Crippen molar-refractivity contribution in [1.29, 1.82) is 0 Å². The lowest BCUT2D eigenvalue weighted by Gasteiger charge is -2.05. The SMILES string of the molecule is CCCCCCCCCCCCCCCCCCCCCCCCCCCCCCCCCCCCCCCCCCNNC(=O)O. The number of nitrogens with one attached hydrogen (secondary N) is 2. The molecule has 4 nitrogen and oxygen atoms in total. The van der Waals surface area contributed by atoms with Crippen molar-refractivity contribution in [3.05, 3.63) is 0 Å². The number of hydrogen-bond acceptors (Lipinski definition) is 2. The molecule has 0 spiro atoms. The van der Waals surface area contributed by atoms with Gasteiger partial charge in [0, 0.05) is 6.54 Å². The van der Waals surface area contributed by atoms with Crippen LogP contribution in [0.15, 0.2) is 0 Å². The lowest BCUT2D eigenvalue weighted by Crippen LogP contribution is -2.36. The van der Waals surface area contributed by atoms with Crippen LogP contribution in [-0.2, 0) is 0 Å². The quantitative estimate of drug-likeness (QED) is 0.0449. The molecule has 0 aliphatic heterocycles. The third kappa shape index (κ3) is 45.2. The largest absolute Gasteiger partial charge is 0.464 e. The predicted molar refractivity (Wildman–Crippen MR) is 210 cm³/mol. The summed E-state index contributed by atoms with van der Waals surface area (Å²) in [6.07, 6.45) is 56.4. The third-order valence-corrected chi connectivity index (χ3v) is 10.4. The fourth-order valence-electron chi connectivity index (χ4n) is 7.14. The highest BCUT2D eigenvalue weighted by Gasteiger charge is 1.98. The molecule has 47 heavy (non-hydrogen) atoms. The Balaban J connectivity index is 3.04. The summed E-state index contributed by atoms with van der Waals surface area (Å²) in [5.74, 6) is 0. The molecule has 0 saturated carbocycles. The second kappa shape index (κ2) is 43.3. The molecular weight excluding hydrogens is 576 g/mol. The topological polar surface area (TPSA) is 61.4 Å². The van der Waals surface area contributed by atoms with Crippen LogP contribution in [-0.4, -0.2) is 17.7 Å². The summed E-state index contributed by atoms with van der Waals surface area (Å²) in [6, 6.07) is 0. The lowest BCUT2D eigenvalue weighted by atomic mass is 10.0. The van der Waals surface area contributed by atoms with E-state index in [0.29, 0.717) is 0 Å². The third-order valence-electron chi connectivity index (χ3n) is 10.4. The summed E-state index contributed by atoms with van der Waals surface area (Å²) >= 11 is 0. The van der Waals surface area contributed by atoms with Crippen LogP contribution in [0.5, 0.6) is 0 Å². The molecule has 4 heteroatoms. The average molecular weight is 665 g/mol. The van der Waals surface area contributed by atoms with E-state index < -0.39 is 6.09 Å². The molecule has 0 aliphatic rings. The van der Waals surface area contributed by atoms with E-state index in [2.05, 4.69) is 17.8 Å². The van der Waals surface area contributed by atoms with Crippen LogP contribution in [0.3, 0.4) is 0 Å². The van der Waals surface area contributed by atoms with Gasteiger partial charge < -0.3 is 5.11 Å². The van der Waals surface area contributed by atoms with Gasteiger partial charge in [-0.25, -0.2) is 10.2 Å². The normalized spacial score (nSPS) is 11.4. The number of amides is 1. The fourth-order valence-corrected chi connectivity index (χ4v) is 7.14. The smallest absolute Gasteiger partial charge is 0.419 e. The van der Waals surface area contributed by atoms with Crippen LogP contribution in [0, 0.1) is 0 Å². The van der Waals surface area contributed by atoms with E-state index in [-0.39, 0.29) is 0 Å². The number of carboxylic acid groups (broad SMARTS) is 1. The summed E-state index contributed by atoms with van der Waals surface area (Å²) in [7, 11) is 0. The van der Waals surface area contributed by atoms with Crippen molar-refractivity contribution in [2.75, 3.05) is 6.54 Å². The molecule has 0 aromatic heterocycles. The fraction of sp³-hybridized carbons (Fsp3) is 0.977. The summed E-state index contributed by atoms with van der Waals surface area (Å²) in [4.78, 5) is 10.3. The Bertz CT molecular complexity index is 570. The van der Waals surface area contributed by atoms with Gasteiger partial charge in [-0.15, -0.1) is 0 Å². The second-order valence-electron chi connectivity index (χ2n) is 15.1. The zero-order valence-electron chi connectivity index (χ0n) is 32.3. The van der Waals surface area contributed by atoms with E-state index in [4.69, 9.17) is 5.11 Å². The molecule has 0 aromatic rings. The maximum Gasteiger partial charge on any atom is 0.419 e. The van der Waals surface area contributed by atoms with Gasteiger partial charge in [-0.1, -0.05) is 257 Å². The van der Waals surface area contributed by atoms with Gasteiger partial charge in [0.15, 0.2) is 0 Å². The molecule has 1 amide bonds. The van der Waals surface area contributed by atoms with E-state index in [1.165, 1.54) is 250 Å². The number of unbranched alkanes of at least 4 members (excludes halogenated alkanes) is 39. The van der Waals surface area contributed by atoms with Crippen LogP contribution < -0.4 is 10.9 Å². The monoisotopic (exact) mass is 665 g/mol. The summed E-state index contributed by atoms with van der Waals surface area (Å²) in [6.45, 7) is 3.03. The van der Waals surface area contributed by atoms with Crippen LogP contribution >= 0.6 is 0 Å². The van der Waals surface area contributed by atoms with Gasteiger partial charge in [-0.2, -0.15) is 0 Å². The minimum Gasteiger partial charge on any atom is -0.464 e. The Morgan fingerprint density at radius 2 is 0.489 bits per heavy atom. The number of carbonyl (C=O) groups is 1. The number of rotatable bonds is 42. The van der Waals surface area contributed by atoms with Crippen molar-refractivity contribution >= 4 is 6.09 Å². The molecule has 0 heterocycles. The first-order valence-electron chi connectivity index (χ1n) is 22.0. The highest BCUT2D eigenvalue weighted by atomic mass is 16.4. The molecular formula is C43H88N2O2. The average Bonchev–Trinajstić information content (AvgIpc) is 3.07. The highest BCUT2D eigenvalue weighted by Crippen LogP contribution is 2.17. The zero-order valence-corrected chi connectivity index (χ0v) is 32.3. The van der Waals surface area contributed by atoms with Crippen molar-refractivity contribution in [2.45, 2.75) is 264 Å². The van der Waals surface area contributed by atoms with Gasteiger partial charge in [0.2, 0.25) is 0 Å². The van der Waals surface area contributed by atoms with Gasteiger partial charge in [0.1, 0.15) is 0 Å². The maximum atomic E-state index is 10.3. The molecule has 0 saturated heterocycles. The van der Waals surface area contributed by atoms with Gasteiger partial charge >= 0.3 is 6.09 Å². The molecule has 0 radical (unpaired) electrons. The molecule has 0 rings (SSSR count). The van der Waals surface area contributed by atoms with Crippen LogP contribution in [0.1, 0.15) is 264 Å². The number of hydrogen-bond donors (Lipinski definition) is 3. The maximum absolute atomic E-state index is 10.3. The van der Waals surface area contributed by atoms with Crippen molar-refractivity contribution in [2.24, 2.45) is 0 Å². The van der Waals surface area contributed by atoms with Crippen molar-refractivity contribution in [3.8, 4) is 0 Å². The van der Waals surface area contributed by atoms with Gasteiger partial charge in [-0.05, 0) is 6.42 Å². The van der Waals surface area contributed by atoms with Crippen LogP contribution in [0.4, 0.5) is 4.79 Å². The van der Waals surface area contributed by atoms with Gasteiger partial charge in [0.25, 0.3) is 0 Å². The first kappa shape index (κ1) is 46.2. The van der Waals surface area contributed by atoms with Gasteiger partial charge in [0.05, 0.1) is 0 Å². The Labute approximate surface area is 296 Å². The zero-order chi connectivity index (χ0) is 34.0. The molecule has 3 N–H and O–H groups in total.